The third kappa shape index (κ3) is 2.89. The second-order valence-electron chi connectivity index (χ2n) is 4.02. The van der Waals surface area contributed by atoms with Gasteiger partial charge in [-0.15, -0.1) is 0 Å². The fourth-order valence-electron chi connectivity index (χ4n) is 1.97. The monoisotopic (exact) mass is 305 g/mol. The number of benzene rings is 1. The van der Waals surface area contributed by atoms with Gasteiger partial charge in [0.2, 0.25) is 0 Å². The van der Waals surface area contributed by atoms with Gasteiger partial charge < -0.3 is 11.1 Å². The van der Waals surface area contributed by atoms with E-state index in [4.69, 9.17) is 5.73 Å². The molecule has 4 heteroatoms. The Kier molecular flexibility index (Phi) is 4.33. The highest BCUT2D eigenvalue weighted by Gasteiger charge is 2.16. The molecule has 0 saturated heterocycles. The molecule has 3 nitrogen and oxygen atoms in total. The van der Waals surface area contributed by atoms with Gasteiger partial charge in [0.1, 0.15) is 5.82 Å². The van der Waals surface area contributed by atoms with E-state index in [1.807, 2.05) is 24.3 Å². The molecule has 0 bridgehead atoms. The van der Waals surface area contributed by atoms with Crippen molar-refractivity contribution in [2.24, 2.45) is 0 Å². The fraction of sp³-hybridized carbons (Fsp3) is 0.214. The van der Waals surface area contributed by atoms with Crippen molar-refractivity contribution in [2.75, 3.05) is 12.3 Å². The molecule has 2 aromatic rings. The minimum absolute atomic E-state index is 0.0706. The van der Waals surface area contributed by atoms with Crippen molar-refractivity contribution in [2.45, 2.75) is 13.0 Å². The van der Waals surface area contributed by atoms with E-state index >= 15 is 0 Å². The number of aromatic nitrogens is 1. The van der Waals surface area contributed by atoms with Crippen molar-refractivity contribution in [1.82, 2.24) is 10.3 Å². The summed E-state index contributed by atoms with van der Waals surface area (Å²) < 4.78 is 1.06. The van der Waals surface area contributed by atoms with Gasteiger partial charge in [-0.2, -0.15) is 0 Å². The number of rotatable bonds is 4. The maximum absolute atomic E-state index is 5.96. The van der Waals surface area contributed by atoms with Crippen LogP contribution in [0.25, 0.3) is 0 Å². The largest absolute Gasteiger partial charge is 0.383 e. The minimum Gasteiger partial charge on any atom is -0.383 e. The lowest BCUT2D eigenvalue weighted by molar-refractivity contribution is 0.630. The SMILES string of the molecule is CCNC(c1cccc(Br)c1)c1cccnc1N. The van der Waals surface area contributed by atoms with Gasteiger partial charge in [-0.1, -0.05) is 41.1 Å². The number of nitrogens with zero attached hydrogens (tertiary/aromatic N) is 1. The zero-order valence-electron chi connectivity index (χ0n) is 10.2. The minimum atomic E-state index is 0.0706. The number of nitrogen functional groups attached to an aromatic ring is 1. The van der Waals surface area contributed by atoms with Crippen LogP contribution in [0.15, 0.2) is 47.1 Å². The van der Waals surface area contributed by atoms with Crippen LogP contribution in [0.3, 0.4) is 0 Å². The van der Waals surface area contributed by atoms with E-state index in [0.717, 1.165) is 16.6 Å². The molecule has 1 aromatic heterocycles. The molecule has 3 N–H and O–H groups in total. The topological polar surface area (TPSA) is 50.9 Å². The predicted octanol–water partition coefficient (Wildman–Crippen LogP) is 3.13. The van der Waals surface area contributed by atoms with Crippen LogP contribution in [0.1, 0.15) is 24.1 Å². The number of hydrogen-bond acceptors (Lipinski definition) is 3. The highest BCUT2D eigenvalue weighted by atomic mass is 79.9. The van der Waals surface area contributed by atoms with Crippen molar-refractivity contribution in [3.63, 3.8) is 0 Å². The first-order valence-electron chi connectivity index (χ1n) is 5.91. The summed E-state index contributed by atoms with van der Waals surface area (Å²) in [5, 5.41) is 3.44. The number of pyridine rings is 1. The molecule has 1 atom stereocenters. The van der Waals surface area contributed by atoms with Crippen molar-refractivity contribution < 1.29 is 0 Å². The van der Waals surface area contributed by atoms with E-state index < -0.39 is 0 Å². The quantitative estimate of drug-likeness (QED) is 0.912. The second kappa shape index (κ2) is 5.98. The lowest BCUT2D eigenvalue weighted by Gasteiger charge is -2.20. The third-order valence-electron chi connectivity index (χ3n) is 2.77. The standard InChI is InChI=1S/C14H16BrN3/c1-2-17-13(10-5-3-6-11(15)9-10)12-7-4-8-18-14(12)16/h3-9,13,17H,2H2,1H3,(H2,16,18). The second-order valence-corrected chi connectivity index (χ2v) is 4.94. The number of nitrogens with one attached hydrogen (secondary N) is 1. The summed E-state index contributed by atoms with van der Waals surface area (Å²) in [6, 6.07) is 12.2. The van der Waals surface area contributed by atoms with E-state index in [1.54, 1.807) is 6.20 Å². The van der Waals surface area contributed by atoms with Gasteiger partial charge in [0.05, 0.1) is 6.04 Å². The zero-order chi connectivity index (χ0) is 13.0. The van der Waals surface area contributed by atoms with Crippen LogP contribution in [0.2, 0.25) is 0 Å². The van der Waals surface area contributed by atoms with Crippen LogP contribution in [0, 0.1) is 0 Å². The first-order valence-corrected chi connectivity index (χ1v) is 6.71. The van der Waals surface area contributed by atoms with Gasteiger partial charge in [0.15, 0.2) is 0 Å². The van der Waals surface area contributed by atoms with Crippen LogP contribution < -0.4 is 11.1 Å². The van der Waals surface area contributed by atoms with Crippen LogP contribution in [0.5, 0.6) is 0 Å². The summed E-state index contributed by atoms with van der Waals surface area (Å²) in [6.45, 7) is 2.95. The molecular formula is C14H16BrN3. The third-order valence-corrected chi connectivity index (χ3v) is 3.27. The summed E-state index contributed by atoms with van der Waals surface area (Å²) in [5.41, 5.74) is 8.15. The van der Waals surface area contributed by atoms with Gasteiger partial charge in [0, 0.05) is 16.2 Å². The van der Waals surface area contributed by atoms with Crippen molar-refractivity contribution in [3.05, 3.63) is 58.2 Å². The molecule has 0 saturated carbocycles. The molecule has 0 aliphatic carbocycles. The molecule has 1 aromatic carbocycles. The van der Waals surface area contributed by atoms with Gasteiger partial charge in [0.25, 0.3) is 0 Å². The zero-order valence-corrected chi connectivity index (χ0v) is 11.8. The van der Waals surface area contributed by atoms with Crippen molar-refractivity contribution >= 4 is 21.7 Å². The summed E-state index contributed by atoms with van der Waals surface area (Å²) >= 11 is 3.50. The molecule has 0 amide bonds. The van der Waals surface area contributed by atoms with Crippen LogP contribution >= 0.6 is 15.9 Å². The highest BCUT2D eigenvalue weighted by Crippen LogP contribution is 2.27. The van der Waals surface area contributed by atoms with Crippen LogP contribution in [-0.4, -0.2) is 11.5 Å². The Morgan fingerprint density at radius 3 is 2.83 bits per heavy atom. The Hall–Kier alpha value is -1.39. The first kappa shape index (κ1) is 13.1. The van der Waals surface area contributed by atoms with Gasteiger partial charge in [-0.25, -0.2) is 4.98 Å². The van der Waals surface area contributed by atoms with E-state index in [9.17, 15) is 0 Å². The molecule has 0 radical (unpaired) electrons. The summed E-state index contributed by atoms with van der Waals surface area (Å²) in [5.74, 6) is 0.573. The van der Waals surface area contributed by atoms with Gasteiger partial charge in [-0.05, 0) is 30.3 Å². The molecule has 94 valence electrons. The fourth-order valence-corrected chi connectivity index (χ4v) is 2.39. The molecule has 0 aliphatic rings. The Morgan fingerprint density at radius 2 is 2.17 bits per heavy atom. The first-order chi connectivity index (χ1) is 8.72. The maximum Gasteiger partial charge on any atom is 0.128 e. The molecule has 1 heterocycles. The Labute approximate surface area is 116 Å². The lowest BCUT2D eigenvalue weighted by Crippen LogP contribution is -2.23. The molecule has 2 rings (SSSR count). The molecule has 1 unspecified atom stereocenters. The Balaban J connectivity index is 2.43. The predicted molar refractivity (Wildman–Crippen MR) is 78.3 cm³/mol. The van der Waals surface area contributed by atoms with Gasteiger partial charge >= 0.3 is 0 Å². The van der Waals surface area contributed by atoms with E-state index in [1.165, 1.54) is 5.56 Å². The molecule has 18 heavy (non-hydrogen) atoms. The van der Waals surface area contributed by atoms with E-state index in [-0.39, 0.29) is 6.04 Å². The normalized spacial score (nSPS) is 12.3. The lowest BCUT2D eigenvalue weighted by atomic mass is 9.99. The molecule has 0 spiro atoms. The van der Waals surface area contributed by atoms with Gasteiger partial charge in [-0.3, -0.25) is 0 Å². The molecule has 0 fully saturated rings. The Bertz CT molecular complexity index is 528. The number of nitrogens with two attached hydrogens (primary N) is 1. The van der Waals surface area contributed by atoms with Crippen LogP contribution in [-0.2, 0) is 0 Å². The average molecular weight is 306 g/mol. The smallest absolute Gasteiger partial charge is 0.128 e. The van der Waals surface area contributed by atoms with E-state index in [0.29, 0.717) is 5.82 Å². The van der Waals surface area contributed by atoms with Crippen molar-refractivity contribution in [1.29, 1.82) is 0 Å². The molecular weight excluding hydrogens is 290 g/mol. The number of anilines is 1. The maximum atomic E-state index is 5.96. The summed E-state index contributed by atoms with van der Waals surface area (Å²) in [6.07, 6.45) is 1.71. The number of halogens is 1. The van der Waals surface area contributed by atoms with Crippen LogP contribution in [0.4, 0.5) is 5.82 Å². The molecule has 0 aliphatic heterocycles. The highest BCUT2D eigenvalue weighted by molar-refractivity contribution is 9.10. The Morgan fingerprint density at radius 1 is 1.33 bits per heavy atom. The summed E-state index contributed by atoms with van der Waals surface area (Å²) in [7, 11) is 0. The van der Waals surface area contributed by atoms with Crippen molar-refractivity contribution in [3.8, 4) is 0 Å². The number of hydrogen-bond donors (Lipinski definition) is 2. The average Bonchev–Trinajstić information content (AvgIpc) is 2.37. The summed E-state index contributed by atoms with van der Waals surface area (Å²) in [4.78, 5) is 4.16. The van der Waals surface area contributed by atoms with E-state index in [2.05, 4.69) is 45.3 Å².